The smallest absolute Gasteiger partial charge is 0.00741 e. The lowest BCUT2D eigenvalue weighted by molar-refractivity contribution is 0.832. The standard InChI is InChI=1S/C18H21N/c1-15-6-2-3-10-18(15)12-11-17-8-4-7-16(14-17)9-5-13-19/h2-4,6-8,10-12,14H,5,9,13,19H2,1H3/b12-11+. The fraction of sp³-hybridized carbons (Fsp3) is 0.222. The van der Waals surface area contributed by atoms with Crippen molar-refractivity contribution in [2.45, 2.75) is 19.8 Å². The van der Waals surface area contributed by atoms with Gasteiger partial charge in [0.1, 0.15) is 0 Å². The Bertz CT molecular complexity index is 555. The summed E-state index contributed by atoms with van der Waals surface area (Å²) in [7, 11) is 0. The van der Waals surface area contributed by atoms with E-state index >= 15 is 0 Å². The summed E-state index contributed by atoms with van der Waals surface area (Å²) in [5.74, 6) is 0. The molecule has 1 heteroatoms. The summed E-state index contributed by atoms with van der Waals surface area (Å²) in [5, 5.41) is 0. The molecule has 0 aromatic heterocycles. The Kier molecular flexibility index (Phi) is 4.93. The molecule has 2 N–H and O–H groups in total. The van der Waals surface area contributed by atoms with Crippen molar-refractivity contribution in [1.29, 1.82) is 0 Å². The van der Waals surface area contributed by atoms with Crippen molar-refractivity contribution in [2.24, 2.45) is 5.73 Å². The minimum absolute atomic E-state index is 0.753. The predicted molar refractivity (Wildman–Crippen MR) is 83.9 cm³/mol. The third-order valence-corrected chi connectivity index (χ3v) is 3.26. The zero-order valence-corrected chi connectivity index (χ0v) is 11.5. The number of nitrogens with two attached hydrogens (primary N) is 1. The van der Waals surface area contributed by atoms with Crippen LogP contribution in [0.2, 0.25) is 0 Å². The van der Waals surface area contributed by atoms with Gasteiger partial charge in [0.25, 0.3) is 0 Å². The van der Waals surface area contributed by atoms with Crippen LogP contribution in [0.5, 0.6) is 0 Å². The largest absolute Gasteiger partial charge is 0.330 e. The molecule has 2 aromatic rings. The molecule has 2 rings (SSSR count). The maximum absolute atomic E-state index is 5.55. The van der Waals surface area contributed by atoms with Crippen LogP contribution in [-0.4, -0.2) is 6.54 Å². The van der Waals surface area contributed by atoms with E-state index in [4.69, 9.17) is 5.73 Å². The second-order valence-electron chi connectivity index (χ2n) is 4.83. The zero-order chi connectivity index (χ0) is 13.5. The van der Waals surface area contributed by atoms with Crippen LogP contribution in [0.3, 0.4) is 0 Å². The quantitative estimate of drug-likeness (QED) is 0.797. The molecule has 0 unspecified atom stereocenters. The molecular weight excluding hydrogens is 230 g/mol. The normalized spacial score (nSPS) is 11.1. The van der Waals surface area contributed by atoms with Gasteiger partial charge in [-0.25, -0.2) is 0 Å². The second-order valence-corrected chi connectivity index (χ2v) is 4.83. The van der Waals surface area contributed by atoms with E-state index in [-0.39, 0.29) is 0 Å². The number of benzene rings is 2. The molecule has 98 valence electrons. The van der Waals surface area contributed by atoms with E-state index in [2.05, 4.69) is 67.6 Å². The summed E-state index contributed by atoms with van der Waals surface area (Å²) in [6.07, 6.45) is 6.46. The van der Waals surface area contributed by atoms with Gasteiger partial charge in [-0.3, -0.25) is 0 Å². The van der Waals surface area contributed by atoms with Gasteiger partial charge in [0.15, 0.2) is 0 Å². The first-order valence-electron chi connectivity index (χ1n) is 6.82. The van der Waals surface area contributed by atoms with Crippen LogP contribution in [-0.2, 0) is 6.42 Å². The molecule has 0 radical (unpaired) electrons. The Morgan fingerprint density at radius 1 is 1.00 bits per heavy atom. The van der Waals surface area contributed by atoms with Crippen LogP contribution in [0.4, 0.5) is 0 Å². The van der Waals surface area contributed by atoms with Gasteiger partial charge in [0.2, 0.25) is 0 Å². The average molecular weight is 251 g/mol. The van der Waals surface area contributed by atoms with Gasteiger partial charge in [-0.15, -0.1) is 0 Å². The Labute approximate surface area is 115 Å². The van der Waals surface area contributed by atoms with Crippen molar-refractivity contribution in [2.75, 3.05) is 6.54 Å². The predicted octanol–water partition coefficient (Wildman–Crippen LogP) is 4.06. The SMILES string of the molecule is Cc1ccccc1/C=C/c1cccc(CCCN)c1. The van der Waals surface area contributed by atoms with Crippen LogP contribution >= 0.6 is 0 Å². The lowest BCUT2D eigenvalue weighted by atomic mass is 10.0. The summed E-state index contributed by atoms with van der Waals surface area (Å²) in [4.78, 5) is 0. The average Bonchev–Trinajstić information content (AvgIpc) is 2.45. The Balaban J connectivity index is 2.12. The van der Waals surface area contributed by atoms with Gasteiger partial charge in [0, 0.05) is 0 Å². The highest BCUT2D eigenvalue weighted by Crippen LogP contribution is 2.14. The summed E-state index contributed by atoms with van der Waals surface area (Å²) >= 11 is 0. The van der Waals surface area contributed by atoms with E-state index in [1.54, 1.807) is 0 Å². The molecule has 0 aliphatic carbocycles. The van der Waals surface area contributed by atoms with Crippen molar-refractivity contribution < 1.29 is 0 Å². The Morgan fingerprint density at radius 3 is 2.63 bits per heavy atom. The monoisotopic (exact) mass is 251 g/mol. The van der Waals surface area contributed by atoms with Gasteiger partial charge in [0.05, 0.1) is 0 Å². The Hall–Kier alpha value is -1.86. The summed E-state index contributed by atoms with van der Waals surface area (Å²) in [6.45, 7) is 2.89. The molecule has 0 saturated heterocycles. The third-order valence-electron chi connectivity index (χ3n) is 3.26. The van der Waals surface area contributed by atoms with Gasteiger partial charge in [-0.05, 0) is 48.6 Å². The van der Waals surface area contributed by atoms with E-state index in [1.165, 1.54) is 22.3 Å². The highest BCUT2D eigenvalue weighted by atomic mass is 14.5. The van der Waals surface area contributed by atoms with Crippen molar-refractivity contribution in [3.8, 4) is 0 Å². The summed E-state index contributed by atoms with van der Waals surface area (Å²) in [5.41, 5.74) is 10.7. The van der Waals surface area contributed by atoms with Crippen molar-refractivity contribution in [1.82, 2.24) is 0 Å². The van der Waals surface area contributed by atoms with E-state index in [9.17, 15) is 0 Å². The van der Waals surface area contributed by atoms with E-state index < -0.39 is 0 Å². The van der Waals surface area contributed by atoms with Crippen molar-refractivity contribution >= 4 is 12.2 Å². The molecule has 0 aliphatic rings. The lowest BCUT2D eigenvalue weighted by Crippen LogP contribution is -2.00. The van der Waals surface area contributed by atoms with Crippen molar-refractivity contribution in [3.05, 3.63) is 70.8 Å². The van der Waals surface area contributed by atoms with Crippen molar-refractivity contribution in [3.63, 3.8) is 0 Å². The van der Waals surface area contributed by atoms with Crippen LogP contribution in [0.1, 0.15) is 28.7 Å². The topological polar surface area (TPSA) is 26.0 Å². The number of aryl methyl sites for hydroxylation is 2. The molecule has 0 bridgehead atoms. The number of rotatable bonds is 5. The van der Waals surface area contributed by atoms with E-state index in [0.717, 1.165) is 19.4 Å². The Morgan fingerprint density at radius 2 is 1.84 bits per heavy atom. The van der Waals surface area contributed by atoms with E-state index in [0.29, 0.717) is 0 Å². The summed E-state index contributed by atoms with van der Waals surface area (Å²) < 4.78 is 0. The second kappa shape index (κ2) is 6.91. The highest BCUT2D eigenvalue weighted by Gasteiger charge is 1.95. The zero-order valence-electron chi connectivity index (χ0n) is 11.5. The third kappa shape index (κ3) is 4.08. The number of hydrogen-bond acceptors (Lipinski definition) is 1. The lowest BCUT2D eigenvalue weighted by Gasteiger charge is -2.02. The van der Waals surface area contributed by atoms with Gasteiger partial charge in [-0.1, -0.05) is 60.7 Å². The van der Waals surface area contributed by atoms with Crippen LogP contribution < -0.4 is 5.73 Å². The fourth-order valence-electron chi connectivity index (χ4n) is 2.12. The summed E-state index contributed by atoms with van der Waals surface area (Å²) in [6, 6.07) is 17.1. The minimum atomic E-state index is 0.753. The molecule has 0 heterocycles. The molecule has 0 aliphatic heterocycles. The first-order valence-corrected chi connectivity index (χ1v) is 6.82. The number of hydrogen-bond donors (Lipinski definition) is 1. The van der Waals surface area contributed by atoms with Gasteiger partial charge in [-0.2, -0.15) is 0 Å². The first kappa shape index (κ1) is 13.6. The maximum atomic E-state index is 5.55. The minimum Gasteiger partial charge on any atom is -0.330 e. The van der Waals surface area contributed by atoms with Gasteiger partial charge >= 0.3 is 0 Å². The first-order chi connectivity index (χ1) is 9.29. The molecule has 0 amide bonds. The molecule has 0 spiro atoms. The molecule has 19 heavy (non-hydrogen) atoms. The maximum Gasteiger partial charge on any atom is -0.00741 e. The molecular formula is C18H21N. The molecule has 0 atom stereocenters. The molecule has 0 fully saturated rings. The van der Waals surface area contributed by atoms with Gasteiger partial charge < -0.3 is 5.73 Å². The molecule has 1 nitrogen and oxygen atoms in total. The van der Waals surface area contributed by atoms with Crippen LogP contribution in [0.15, 0.2) is 48.5 Å². The molecule has 0 saturated carbocycles. The van der Waals surface area contributed by atoms with Crippen LogP contribution in [0, 0.1) is 6.92 Å². The molecule has 2 aromatic carbocycles. The van der Waals surface area contributed by atoms with E-state index in [1.807, 2.05) is 0 Å². The fourth-order valence-corrected chi connectivity index (χ4v) is 2.12. The van der Waals surface area contributed by atoms with Crippen LogP contribution in [0.25, 0.3) is 12.2 Å². The highest BCUT2D eigenvalue weighted by molar-refractivity contribution is 5.71.